The highest BCUT2D eigenvalue weighted by Crippen LogP contribution is 2.50. The maximum atomic E-state index is 11.6. The predicted molar refractivity (Wildman–Crippen MR) is 98.3 cm³/mol. The van der Waals surface area contributed by atoms with Crippen molar-refractivity contribution in [3.63, 3.8) is 0 Å². The third-order valence-electron chi connectivity index (χ3n) is 5.02. The fourth-order valence-electron chi connectivity index (χ4n) is 3.84. The maximum Gasteiger partial charge on any atom is 0.337 e. The van der Waals surface area contributed by atoms with Crippen LogP contribution in [0.5, 0.6) is 0 Å². The molecule has 0 fully saturated rings. The summed E-state index contributed by atoms with van der Waals surface area (Å²) in [6.07, 6.45) is 5.67. The maximum absolute atomic E-state index is 11.6. The molecule has 3 atom stereocenters. The lowest BCUT2D eigenvalue weighted by molar-refractivity contribution is 0.0600. The molecule has 4 heteroatoms. The molecule has 24 heavy (non-hydrogen) atoms. The summed E-state index contributed by atoms with van der Waals surface area (Å²) in [6, 6.07) is 14.4. The van der Waals surface area contributed by atoms with Crippen LogP contribution in [-0.4, -0.2) is 13.1 Å². The SMILES string of the molecule is COC(=O)c1ccc([C@H]2Nc3ccc(Br)cc3[C@@H]3C=CC[C@@H]23)cc1. The Labute approximate surface area is 149 Å². The van der Waals surface area contributed by atoms with Crippen LogP contribution in [-0.2, 0) is 4.74 Å². The number of rotatable bonds is 2. The standard InChI is InChI=1S/C20H18BrNO2/c1-24-20(23)13-7-5-12(6-8-13)19-16-4-2-3-15(16)17-11-14(21)9-10-18(17)22-19/h2-3,5-11,15-16,19,22H,4H2,1H3/t15-,16-,19-/m1/s1. The van der Waals surface area contributed by atoms with Gasteiger partial charge in [0.15, 0.2) is 0 Å². The van der Waals surface area contributed by atoms with Crippen LogP contribution in [0.4, 0.5) is 5.69 Å². The number of ether oxygens (including phenoxy) is 1. The molecule has 1 aliphatic carbocycles. The van der Waals surface area contributed by atoms with E-state index in [2.05, 4.69) is 51.6 Å². The highest BCUT2D eigenvalue weighted by Gasteiger charge is 2.37. The number of fused-ring (bicyclic) bond motifs is 3. The molecule has 3 nitrogen and oxygen atoms in total. The van der Waals surface area contributed by atoms with E-state index in [1.165, 1.54) is 23.9 Å². The van der Waals surface area contributed by atoms with E-state index >= 15 is 0 Å². The van der Waals surface area contributed by atoms with Crippen LogP contribution in [0.25, 0.3) is 0 Å². The van der Waals surface area contributed by atoms with Crippen LogP contribution in [0.1, 0.15) is 39.9 Å². The summed E-state index contributed by atoms with van der Waals surface area (Å²) in [5.74, 6) is 0.633. The van der Waals surface area contributed by atoms with Crippen LogP contribution in [0, 0.1) is 5.92 Å². The van der Waals surface area contributed by atoms with E-state index in [-0.39, 0.29) is 12.0 Å². The zero-order valence-electron chi connectivity index (χ0n) is 13.3. The molecule has 1 heterocycles. The Morgan fingerprint density at radius 1 is 1.21 bits per heavy atom. The number of esters is 1. The van der Waals surface area contributed by atoms with Crippen LogP contribution in [0.3, 0.4) is 0 Å². The van der Waals surface area contributed by atoms with Crippen molar-refractivity contribution in [2.24, 2.45) is 5.92 Å². The average molecular weight is 384 g/mol. The third kappa shape index (κ3) is 2.55. The third-order valence-corrected chi connectivity index (χ3v) is 5.51. The zero-order chi connectivity index (χ0) is 16.7. The van der Waals surface area contributed by atoms with Gasteiger partial charge in [0.2, 0.25) is 0 Å². The number of benzene rings is 2. The summed E-state index contributed by atoms with van der Waals surface area (Å²) in [7, 11) is 1.41. The molecule has 2 aromatic carbocycles. The minimum Gasteiger partial charge on any atom is -0.465 e. The number of anilines is 1. The Balaban J connectivity index is 1.69. The Hall–Kier alpha value is -2.07. The topological polar surface area (TPSA) is 38.3 Å². The molecule has 0 saturated heterocycles. The Morgan fingerprint density at radius 2 is 2.00 bits per heavy atom. The first-order chi connectivity index (χ1) is 11.7. The van der Waals surface area contributed by atoms with Crippen LogP contribution < -0.4 is 5.32 Å². The van der Waals surface area contributed by atoms with Crippen molar-refractivity contribution in [1.82, 2.24) is 0 Å². The van der Waals surface area contributed by atoms with Crippen LogP contribution in [0.15, 0.2) is 59.1 Å². The molecular weight excluding hydrogens is 366 g/mol. The lowest BCUT2D eigenvalue weighted by Crippen LogP contribution is -2.29. The molecule has 0 bridgehead atoms. The minimum absolute atomic E-state index is 0.241. The van der Waals surface area contributed by atoms with Gasteiger partial charge in [0, 0.05) is 16.1 Å². The highest BCUT2D eigenvalue weighted by atomic mass is 79.9. The molecule has 0 amide bonds. The number of allylic oxidation sites excluding steroid dienone is 2. The van der Waals surface area contributed by atoms with Gasteiger partial charge in [0.05, 0.1) is 18.7 Å². The number of halogens is 1. The van der Waals surface area contributed by atoms with Gasteiger partial charge in [-0.2, -0.15) is 0 Å². The van der Waals surface area contributed by atoms with E-state index < -0.39 is 0 Å². The molecular formula is C20H18BrNO2. The van der Waals surface area contributed by atoms with E-state index in [9.17, 15) is 4.79 Å². The summed E-state index contributed by atoms with van der Waals surface area (Å²) in [4.78, 5) is 11.6. The largest absolute Gasteiger partial charge is 0.465 e. The molecule has 1 N–H and O–H groups in total. The molecule has 0 unspecified atom stereocenters. The number of nitrogens with one attached hydrogen (secondary N) is 1. The first-order valence-electron chi connectivity index (χ1n) is 8.08. The molecule has 4 rings (SSSR count). The number of methoxy groups -OCH3 is 1. The monoisotopic (exact) mass is 383 g/mol. The van der Waals surface area contributed by atoms with Gasteiger partial charge < -0.3 is 10.1 Å². The molecule has 2 aromatic rings. The molecule has 2 aliphatic rings. The van der Waals surface area contributed by atoms with Gasteiger partial charge in [-0.05, 0) is 53.8 Å². The highest BCUT2D eigenvalue weighted by molar-refractivity contribution is 9.10. The predicted octanol–water partition coefficient (Wildman–Crippen LogP) is 5.06. The smallest absolute Gasteiger partial charge is 0.337 e. The van der Waals surface area contributed by atoms with E-state index in [1.54, 1.807) is 0 Å². The summed E-state index contributed by atoms with van der Waals surface area (Å²) in [5.41, 5.74) is 4.33. The molecule has 0 saturated carbocycles. The van der Waals surface area contributed by atoms with E-state index in [0.29, 0.717) is 17.4 Å². The van der Waals surface area contributed by atoms with Crippen LogP contribution in [0.2, 0.25) is 0 Å². The van der Waals surface area contributed by atoms with Crippen molar-refractivity contribution >= 4 is 27.6 Å². The van der Waals surface area contributed by atoms with E-state index in [0.717, 1.165) is 10.9 Å². The van der Waals surface area contributed by atoms with Gasteiger partial charge in [0.25, 0.3) is 0 Å². The van der Waals surface area contributed by atoms with E-state index in [4.69, 9.17) is 4.74 Å². The van der Waals surface area contributed by atoms with Crippen molar-refractivity contribution in [3.05, 3.63) is 75.8 Å². The second kappa shape index (κ2) is 6.10. The number of hydrogen-bond donors (Lipinski definition) is 1. The zero-order valence-corrected chi connectivity index (χ0v) is 14.9. The van der Waals surface area contributed by atoms with Crippen molar-refractivity contribution in [2.75, 3.05) is 12.4 Å². The van der Waals surface area contributed by atoms with Gasteiger partial charge >= 0.3 is 5.97 Å². The first kappa shape index (κ1) is 15.5. The number of hydrogen-bond acceptors (Lipinski definition) is 3. The van der Waals surface area contributed by atoms with Crippen LogP contribution >= 0.6 is 15.9 Å². The van der Waals surface area contributed by atoms with Gasteiger partial charge in [-0.3, -0.25) is 0 Å². The first-order valence-corrected chi connectivity index (χ1v) is 8.87. The van der Waals surface area contributed by atoms with Crippen molar-refractivity contribution < 1.29 is 9.53 Å². The van der Waals surface area contributed by atoms with Crippen molar-refractivity contribution in [1.29, 1.82) is 0 Å². The molecule has 0 aromatic heterocycles. The minimum atomic E-state index is -0.297. The Kier molecular flexibility index (Phi) is 3.93. The Bertz CT molecular complexity index is 813. The molecule has 0 spiro atoms. The summed E-state index contributed by atoms with van der Waals surface area (Å²) >= 11 is 3.58. The second-order valence-electron chi connectivity index (χ2n) is 6.32. The second-order valence-corrected chi connectivity index (χ2v) is 7.24. The summed E-state index contributed by atoms with van der Waals surface area (Å²) in [6.45, 7) is 0. The van der Waals surface area contributed by atoms with Gasteiger partial charge in [-0.25, -0.2) is 4.79 Å². The molecule has 1 aliphatic heterocycles. The fraction of sp³-hybridized carbons (Fsp3) is 0.250. The van der Waals surface area contributed by atoms with Gasteiger partial charge in [0.1, 0.15) is 0 Å². The lowest BCUT2D eigenvalue weighted by atomic mass is 9.77. The van der Waals surface area contributed by atoms with Gasteiger partial charge in [-0.1, -0.05) is 40.2 Å². The molecule has 0 radical (unpaired) electrons. The Morgan fingerprint density at radius 3 is 2.75 bits per heavy atom. The molecule has 122 valence electrons. The normalized spacial score (nSPS) is 24.0. The fourth-order valence-corrected chi connectivity index (χ4v) is 4.22. The van der Waals surface area contributed by atoms with Crippen molar-refractivity contribution in [2.45, 2.75) is 18.4 Å². The summed E-state index contributed by atoms with van der Waals surface area (Å²) < 4.78 is 5.89. The number of carbonyl (C=O) groups is 1. The van der Waals surface area contributed by atoms with Crippen molar-refractivity contribution in [3.8, 4) is 0 Å². The quantitative estimate of drug-likeness (QED) is 0.581. The number of carbonyl (C=O) groups excluding carboxylic acids is 1. The van der Waals surface area contributed by atoms with E-state index in [1.807, 2.05) is 24.3 Å². The average Bonchev–Trinajstić information content (AvgIpc) is 3.11. The van der Waals surface area contributed by atoms with Gasteiger partial charge in [-0.15, -0.1) is 0 Å². The summed E-state index contributed by atoms with van der Waals surface area (Å²) in [5, 5.41) is 3.70. The lowest BCUT2D eigenvalue weighted by Gasteiger charge is -2.37.